The fraction of sp³-hybridized carbons (Fsp3) is 0.200. The zero-order valence-corrected chi connectivity index (χ0v) is 11.2. The van der Waals surface area contributed by atoms with Gasteiger partial charge in [0.25, 0.3) is 0 Å². The highest BCUT2D eigenvalue weighted by Crippen LogP contribution is 2.27. The summed E-state index contributed by atoms with van der Waals surface area (Å²) in [7, 11) is 0. The van der Waals surface area contributed by atoms with Crippen molar-refractivity contribution in [1.82, 2.24) is 0 Å². The summed E-state index contributed by atoms with van der Waals surface area (Å²) in [5.74, 6) is -1.17. The van der Waals surface area contributed by atoms with Crippen LogP contribution in [0.2, 0.25) is 5.02 Å². The number of halogens is 3. The highest BCUT2D eigenvalue weighted by atomic mass is 35.5. The lowest BCUT2D eigenvalue weighted by molar-refractivity contribution is 0.455. The molecule has 2 aromatic rings. The van der Waals surface area contributed by atoms with Crippen molar-refractivity contribution in [3.63, 3.8) is 0 Å². The minimum absolute atomic E-state index is 0.00697. The van der Waals surface area contributed by atoms with Crippen molar-refractivity contribution in [3.05, 3.63) is 70.2 Å². The molecule has 0 aliphatic rings. The minimum atomic E-state index is -0.895. The van der Waals surface area contributed by atoms with Gasteiger partial charge in [0.05, 0.1) is 0 Å². The number of nitrogens with two attached hydrogens (primary N) is 1. The highest BCUT2D eigenvalue weighted by molar-refractivity contribution is 6.30. The average Bonchev–Trinajstić information content (AvgIpc) is 2.34. The highest BCUT2D eigenvalue weighted by Gasteiger charge is 2.25. The van der Waals surface area contributed by atoms with Gasteiger partial charge in [-0.2, -0.15) is 0 Å². The van der Waals surface area contributed by atoms with E-state index in [2.05, 4.69) is 0 Å². The lowest BCUT2D eigenvalue weighted by Crippen LogP contribution is -2.36. The molecule has 0 aliphatic heterocycles. The molecule has 0 spiro atoms. The molecular weight excluding hydrogens is 268 g/mol. The second kappa shape index (κ2) is 5.27. The van der Waals surface area contributed by atoms with Crippen molar-refractivity contribution in [3.8, 4) is 0 Å². The van der Waals surface area contributed by atoms with Crippen LogP contribution in [0.3, 0.4) is 0 Å². The molecular formula is C15H14ClF2N. The first-order valence-electron chi connectivity index (χ1n) is 5.88. The average molecular weight is 282 g/mol. The van der Waals surface area contributed by atoms with Crippen LogP contribution in [0.15, 0.2) is 42.5 Å². The monoisotopic (exact) mass is 281 g/mol. The van der Waals surface area contributed by atoms with Crippen LogP contribution >= 0.6 is 11.6 Å². The Balaban J connectivity index is 2.36. The Morgan fingerprint density at radius 3 is 2.26 bits per heavy atom. The SMILES string of the molecule is CC(N)(Cc1c(F)cccc1F)c1cccc(Cl)c1. The van der Waals surface area contributed by atoms with E-state index >= 15 is 0 Å². The number of rotatable bonds is 3. The molecule has 0 heterocycles. The Morgan fingerprint density at radius 1 is 1.11 bits per heavy atom. The van der Waals surface area contributed by atoms with E-state index in [1.54, 1.807) is 31.2 Å². The molecule has 2 aromatic carbocycles. The molecule has 0 aromatic heterocycles. The number of benzene rings is 2. The Kier molecular flexibility index (Phi) is 3.88. The molecule has 1 atom stereocenters. The largest absolute Gasteiger partial charge is 0.321 e. The van der Waals surface area contributed by atoms with Crippen molar-refractivity contribution < 1.29 is 8.78 Å². The summed E-state index contributed by atoms with van der Waals surface area (Å²) in [6, 6.07) is 10.8. The molecule has 0 fully saturated rings. The standard InChI is InChI=1S/C15H14ClF2N/c1-15(19,10-4-2-5-11(16)8-10)9-12-13(17)6-3-7-14(12)18/h2-8H,9,19H2,1H3. The Labute approximate surface area is 116 Å². The van der Waals surface area contributed by atoms with Gasteiger partial charge in [-0.05, 0) is 36.8 Å². The third-order valence-corrected chi connectivity index (χ3v) is 3.32. The van der Waals surface area contributed by atoms with Crippen LogP contribution < -0.4 is 5.73 Å². The molecule has 2 rings (SSSR count). The summed E-state index contributed by atoms with van der Waals surface area (Å²) in [6.07, 6.45) is 0.0614. The van der Waals surface area contributed by atoms with Crippen molar-refractivity contribution in [1.29, 1.82) is 0 Å². The van der Waals surface area contributed by atoms with Gasteiger partial charge < -0.3 is 5.73 Å². The van der Waals surface area contributed by atoms with E-state index in [1.165, 1.54) is 18.2 Å². The number of hydrogen-bond donors (Lipinski definition) is 1. The van der Waals surface area contributed by atoms with E-state index in [0.29, 0.717) is 5.02 Å². The van der Waals surface area contributed by atoms with Gasteiger partial charge in [-0.15, -0.1) is 0 Å². The zero-order valence-electron chi connectivity index (χ0n) is 10.5. The van der Waals surface area contributed by atoms with Gasteiger partial charge in [-0.25, -0.2) is 8.78 Å². The van der Waals surface area contributed by atoms with Crippen molar-refractivity contribution in [2.45, 2.75) is 18.9 Å². The Bertz CT molecular complexity index is 576. The molecule has 19 heavy (non-hydrogen) atoms. The zero-order chi connectivity index (χ0) is 14.0. The van der Waals surface area contributed by atoms with Crippen LogP contribution in [0.25, 0.3) is 0 Å². The minimum Gasteiger partial charge on any atom is -0.321 e. The van der Waals surface area contributed by atoms with Gasteiger partial charge in [0.2, 0.25) is 0 Å². The molecule has 4 heteroatoms. The molecule has 2 N–H and O–H groups in total. The third kappa shape index (κ3) is 3.11. The van der Waals surface area contributed by atoms with E-state index in [4.69, 9.17) is 17.3 Å². The van der Waals surface area contributed by atoms with Crippen LogP contribution in [0.4, 0.5) is 8.78 Å². The van der Waals surface area contributed by atoms with Gasteiger partial charge in [-0.1, -0.05) is 29.8 Å². The fourth-order valence-corrected chi connectivity index (χ4v) is 2.20. The summed E-state index contributed by atoms with van der Waals surface area (Å²) in [5, 5.41) is 0.545. The Morgan fingerprint density at radius 2 is 1.68 bits per heavy atom. The molecule has 100 valence electrons. The smallest absolute Gasteiger partial charge is 0.129 e. The topological polar surface area (TPSA) is 26.0 Å². The molecule has 0 saturated carbocycles. The predicted molar refractivity (Wildman–Crippen MR) is 73.1 cm³/mol. The maximum absolute atomic E-state index is 13.7. The van der Waals surface area contributed by atoms with E-state index < -0.39 is 17.2 Å². The second-order valence-electron chi connectivity index (χ2n) is 4.80. The van der Waals surface area contributed by atoms with Crippen molar-refractivity contribution in [2.75, 3.05) is 0 Å². The lowest BCUT2D eigenvalue weighted by Gasteiger charge is -2.26. The van der Waals surface area contributed by atoms with E-state index in [1.807, 2.05) is 0 Å². The van der Waals surface area contributed by atoms with Crippen LogP contribution in [0.5, 0.6) is 0 Å². The van der Waals surface area contributed by atoms with E-state index in [0.717, 1.165) is 5.56 Å². The van der Waals surface area contributed by atoms with Crippen LogP contribution in [-0.2, 0) is 12.0 Å². The van der Waals surface area contributed by atoms with Crippen LogP contribution in [0, 0.1) is 11.6 Å². The molecule has 0 aliphatic carbocycles. The summed E-state index contributed by atoms with van der Waals surface area (Å²) >= 11 is 5.91. The second-order valence-corrected chi connectivity index (χ2v) is 5.24. The van der Waals surface area contributed by atoms with Crippen LogP contribution in [0.1, 0.15) is 18.1 Å². The molecule has 0 bridgehead atoms. The normalized spacial score (nSPS) is 14.2. The summed E-state index contributed by atoms with van der Waals surface area (Å²) in [6.45, 7) is 1.73. The summed E-state index contributed by atoms with van der Waals surface area (Å²) in [5.41, 5.74) is 6.02. The van der Waals surface area contributed by atoms with Gasteiger partial charge in [-0.3, -0.25) is 0 Å². The van der Waals surface area contributed by atoms with Gasteiger partial charge in [0, 0.05) is 22.5 Å². The van der Waals surface area contributed by atoms with Crippen molar-refractivity contribution in [2.24, 2.45) is 5.73 Å². The summed E-state index contributed by atoms with van der Waals surface area (Å²) in [4.78, 5) is 0. The first-order chi connectivity index (χ1) is 8.90. The molecule has 1 unspecified atom stereocenters. The molecule has 0 amide bonds. The molecule has 0 saturated heterocycles. The first-order valence-corrected chi connectivity index (χ1v) is 6.26. The third-order valence-electron chi connectivity index (χ3n) is 3.09. The number of hydrogen-bond acceptors (Lipinski definition) is 1. The van der Waals surface area contributed by atoms with Crippen molar-refractivity contribution >= 4 is 11.6 Å². The fourth-order valence-electron chi connectivity index (χ4n) is 2.01. The quantitative estimate of drug-likeness (QED) is 0.903. The lowest BCUT2D eigenvalue weighted by atomic mass is 9.86. The van der Waals surface area contributed by atoms with Gasteiger partial charge in [0.15, 0.2) is 0 Å². The Hall–Kier alpha value is -1.45. The molecule has 0 radical (unpaired) electrons. The maximum Gasteiger partial charge on any atom is 0.129 e. The summed E-state index contributed by atoms with van der Waals surface area (Å²) < 4.78 is 27.3. The molecule has 1 nitrogen and oxygen atoms in total. The van der Waals surface area contributed by atoms with Crippen LogP contribution in [-0.4, -0.2) is 0 Å². The predicted octanol–water partition coefficient (Wildman–Crippen LogP) is 4.03. The van der Waals surface area contributed by atoms with E-state index in [9.17, 15) is 8.78 Å². The van der Waals surface area contributed by atoms with Gasteiger partial charge in [0.1, 0.15) is 11.6 Å². The van der Waals surface area contributed by atoms with E-state index in [-0.39, 0.29) is 12.0 Å². The van der Waals surface area contributed by atoms with Gasteiger partial charge >= 0.3 is 0 Å². The maximum atomic E-state index is 13.7. The first kappa shape index (κ1) is 14.0.